The normalized spacial score (nSPS) is 17.9. The molecule has 0 amide bonds. The highest BCUT2D eigenvalue weighted by atomic mass is 32.2. The van der Waals surface area contributed by atoms with E-state index in [1.165, 1.54) is 6.26 Å². The largest absolute Gasteiger partial charge is 0.494 e. The maximum Gasteiger partial charge on any atom is 0.167 e. The summed E-state index contributed by atoms with van der Waals surface area (Å²) in [5, 5.41) is 6.75. The summed E-state index contributed by atoms with van der Waals surface area (Å²) in [4.78, 5) is 23.9. The fourth-order valence-electron chi connectivity index (χ4n) is 3.77. The van der Waals surface area contributed by atoms with Gasteiger partial charge < -0.3 is 9.26 Å². The predicted octanol–water partition coefficient (Wildman–Crippen LogP) is 3.20. The van der Waals surface area contributed by atoms with Crippen LogP contribution in [0.15, 0.2) is 34.9 Å². The molecule has 2 aromatic carbocycles. The van der Waals surface area contributed by atoms with Gasteiger partial charge in [0.1, 0.15) is 32.8 Å². The van der Waals surface area contributed by atoms with Gasteiger partial charge in [-0.1, -0.05) is 11.2 Å². The maximum atomic E-state index is 12.4. The summed E-state index contributed by atoms with van der Waals surface area (Å²) in [7, 11) is -3.00. The van der Waals surface area contributed by atoms with E-state index in [1.807, 2.05) is 24.3 Å². The van der Waals surface area contributed by atoms with Crippen LogP contribution in [0.2, 0.25) is 0 Å². The van der Waals surface area contributed by atoms with Crippen LogP contribution in [0.3, 0.4) is 0 Å². The lowest BCUT2D eigenvalue weighted by molar-refractivity contribution is -0.130. The molecule has 3 aromatic rings. The first kappa shape index (κ1) is 19.6. The number of fused-ring (bicyclic) bond motifs is 3. The molecule has 1 fully saturated rings. The van der Waals surface area contributed by atoms with Gasteiger partial charge in [-0.2, -0.15) is 0 Å². The number of ketones is 2. The summed E-state index contributed by atoms with van der Waals surface area (Å²) in [5.74, 6) is 0.165. The molecule has 1 aliphatic rings. The number of carbonyl (C=O) groups excluding carboxylic acids is 2. The Morgan fingerprint density at radius 2 is 2.03 bits per heavy atom. The molecule has 152 valence electrons. The summed E-state index contributed by atoms with van der Waals surface area (Å²) in [5.41, 5.74) is 1.18. The average Bonchev–Trinajstić information content (AvgIpc) is 3.08. The topological polar surface area (TPSA) is 104 Å². The highest BCUT2D eigenvalue weighted by Gasteiger charge is 2.32. The van der Waals surface area contributed by atoms with Crippen molar-refractivity contribution in [3.8, 4) is 5.75 Å². The number of nitrogens with zero attached hydrogens (tertiary/aromatic N) is 1. The molecular weight excluding hydrogens is 394 g/mol. The number of aromatic nitrogens is 1. The van der Waals surface area contributed by atoms with Crippen LogP contribution in [0, 0.1) is 0 Å². The summed E-state index contributed by atoms with van der Waals surface area (Å²) in [6.07, 6.45) is 2.42. The van der Waals surface area contributed by atoms with Gasteiger partial charge in [0.15, 0.2) is 5.58 Å². The number of rotatable bonds is 6. The Morgan fingerprint density at radius 3 is 2.79 bits per heavy atom. The van der Waals surface area contributed by atoms with Crippen molar-refractivity contribution in [3.63, 3.8) is 0 Å². The predicted molar refractivity (Wildman–Crippen MR) is 108 cm³/mol. The first-order valence-corrected chi connectivity index (χ1v) is 11.5. The molecule has 1 aliphatic carbocycles. The van der Waals surface area contributed by atoms with E-state index in [1.54, 1.807) is 6.07 Å². The van der Waals surface area contributed by atoms with Gasteiger partial charge in [0.25, 0.3) is 0 Å². The highest BCUT2D eigenvalue weighted by Crippen LogP contribution is 2.37. The van der Waals surface area contributed by atoms with Crippen molar-refractivity contribution in [1.29, 1.82) is 0 Å². The van der Waals surface area contributed by atoms with E-state index in [4.69, 9.17) is 9.26 Å². The Kier molecular flexibility index (Phi) is 5.12. The minimum atomic E-state index is -3.00. The Morgan fingerprint density at radius 1 is 1.21 bits per heavy atom. The summed E-state index contributed by atoms with van der Waals surface area (Å²) in [6, 6.07) is 9.27. The van der Waals surface area contributed by atoms with Gasteiger partial charge in [-0.05, 0) is 47.9 Å². The molecule has 0 spiro atoms. The van der Waals surface area contributed by atoms with Crippen molar-refractivity contribution in [2.45, 2.75) is 31.6 Å². The molecule has 0 N–H and O–H groups in total. The second-order valence-corrected chi connectivity index (χ2v) is 9.75. The number of Topliss-reactive ketones (excluding diaryl/α,β-unsaturated/α-hetero) is 2. The second-order valence-electron chi connectivity index (χ2n) is 7.49. The first-order valence-electron chi connectivity index (χ1n) is 9.49. The Hall–Kier alpha value is -2.74. The van der Waals surface area contributed by atoms with Gasteiger partial charge in [-0.15, -0.1) is 0 Å². The Bertz CT molecular complexity index is 1210. The quantitative estimate of drug-likeness (QED) is 0.450. The van der Waals surface area contributed by atoms with Gasteiger partial charge in [0.2, 0.25) is 0 Å². The zero-order valence-electron chi connectivity index (χ0n) is 16.0. The zero-order valence-corrected chi connectivity index (χ0v) is 16.8. The van der Waals surface area contributed by atoms with E-state index in [9.17, 15) is 18.0 Å². The third kappa shape index (κ3) is 4.17. The van der Waals surface area contributed by atoms with Crippen molar-refractivity contribution >= 4 is 43.1 Å². The monoisotopic (exact) mass is 415 g/mol. The fourth-order valence-corrected chi connectivity index (χ4v) is 4.41. The fraction of sp³-hybridized carbons (Fsp3) is 0.381. The molecule has 1 unspecified atom stereocenters. The lowest BCUT2D eigenvalue weighted by Gasteiger charge is -2.18. The number of sulfone groups is 1. The van der Waals surface area contributed by atoms with Crippen molar-refractivity contribution in [2.24, 2.45) is 0 Å². The number of carbonyl (C=O) groups is 2. The standard InChI is InChI=1S/C21H21NO6S/c1-29(25,26)10-2-9-27-15-5-7-16-13(11-15)3-8-19-20(16)21(22-28-19)17-6-4-14(23)12-18(17)24/h3,5,7-8,11,17H,2,4,6,9-10,12H2,1H3. The van der Waals surface area contributed by atoms with Crippen LogP contribution in [0.25, 0.3) is 21.7 Å². The minimum Gasteiger partial charge on any atom is -0.494 e. The summed E-state index contributed by atoms with van der Waals surface area (Å²) < 4.78 is 33.5. The van der Waals surface area contributed by atoms with Gasteiger partial charge in [0, 0.05) is 12.7 Å². The molecule has 0 bridgehead atoms. The van der Waals surface area contributed by atoms with Crippen LogP contribution >= 0.6 is 0 Å². The van der Waals surface area contributed by atoms with Gasteiger partial charge in [0.05, 0.1) is 30.1 Å². The molecule has 1 heterocycles. The van der Waals surface area contributed by atoms with Crippen LogP contribution in [-0.4, -0.2) is 43.8 Å². The van der Waals surface area contributed by atoms with Crippen LogP contribution in [-0.2, 0) is 19.4 Å². The Labute approximate surface area is 167 Å². The first-order chi connectivity index (χ1) is 13.8. The molecule has 0 aliphatic heterocycles. The van der Waals surface area contributed by atoms with Crippen LogP contribution in [0.5, 0.6) is 5.75 Å². The summed E-state index contributed by atoms with van der Waals surface area (Å²) in [6.45, 7) is 0.309. The molecule has 1 aromatic heterocycles. The maximum absolute atomic E-state index is 12.4. The molecule has 1 atom stereocenters. The molecular formula is C21H21NO6S. The van der Waals surface area contributed by atoms with Crippen LogP contribution in [0.4, 0.5) is 0 Å². The van der Waals surface area contributed by atoms with E-state index >= 15 is 0 Å². The van der Waals surface area contributed by atoms with E-state index in [0.29, 0.717) is 42.9 Å². The summed E-state index contributed by atoms with van der Waals surface area (Å²) >= 11 is 0. The SMILES string of the molecule is CS(=O)(=O)CCCOc1ccc2c(ccc3onc(C4CCC(=O)CC4=O)c32)c1. The number of benzene rings is 2. The smallest absolute Gasteiger partial charge is 0.167 e. The van der Waals surface area contributed by atoms with E-state index in [0.717, 1.165) is 16.2 Å². The molecule has 0 saturated heterocycles. The Balaban J connectivity index is 1.63. The molecule has 7 nitrogen and oxygen atoms in total. The number of ether oxygens (including phenoxy) is 1. The van der Waals surface area contributed by atoms with Crippen molar-refractivity contribution in [2.75, 3.05) is 18.6 Å². The van der Waals surface area contributed by atoms with Gasteiger partial charge in [-0.25, -0.2) is 8.42 Å². The average molecular weight is 415 g/mol. The van der Waals surface area contributed by atoms with E-state index < -0.39 is 15.8 Å². The van der Waals surface area contributed by atoms with Crippen molar-refractivity contribution in [3.05, 3.63) is 36.0 Å². The molecule has 0 radical (unpaired) electrons. The second kappa shape index (κ2) is 7.59. The van der Waals surface area contributed by atoms with Crippen LogP contribution in [0.1, 0.15) is 37.3 Å². The van der Waals surface area contributed by atoms with E-state index in [-0.39, 0.29) is 23.7 Å². The molecule has 29 heavy (non-hydrogen) atoms. The number of hydrogen-bond acceptors (Lipinski definition) is 7. The highest BCUT2D eigenvalue weighted by molar-refractivity contribution is 7.90. The van der Waals surface area contributed by atoms with Crippen LogP contribution < -0.4 is 4.74 Å². The third-order valence-electron chi connectivity index (χ3n) is 5.18. The minimum absolute atomic E-state index is 0.0263. The third-order valence-corrected chi connectivity index (χ3v) is 6.21. The van der Waals surface area contributed by atoms with Crippen molar-refractivity contribution in [1.82, 2.24) is 5.16 Å². The molecule has 1 saturated carbocycles. The van der Waals surface area contributed by atoms with Gasteiger partial charge >= 0.3 is 0 Å². The number of hydrogen-bond donors (Lipinski definition) is 0. The lowest BCUT2D eigenvalue weighted by atomic mass is 9.83. The van der Waals surface area contributed by atoms with Gasteiger partial charge in [-0.3, -0.25) is 9.59 Å². The van der Waals surface area contributed by atoms with Crippen molar-refractivity contribution < 1.29 is 27.3 Å². The molecule has 8 heteroatoms. The zero-order chi connectivity index (χ0) is 20.6. The van der Waals surface area contributed by atoms with E-state index in [2.05, 4.69) is 5.16 Å². The lowest BCUT2D eigenvalue weighted by Crippen LogP contribution is -2.23. The molecule has 4 rings (SSSR count).